The standard InChI is InChI=1S/C25H26N6O4/c1-4-34-21-10-6-5-8-17(21)24-28-23(29-35-24)19-9-7-13-30(19)25(32)18-15-22(33-3)16(2)14-20(18)31-26-11-12-27-31/h5-6,8,10-12,14-15,19H,4,7,9,13H2,1-3H3/t19-/m0/s1. The minimum atomic E-state index is -0.315. The van der Waals surface area contributed by atoms with E-state index in [9.17, 15) is 4.79 Å². The number of rotatable bonds is 7. The van der Waals surface area contributed by atoms with Crippen molar-refractivity contribution in [2.24, 2.45) is 0 Å². The molecule has 2 aromatic carbocycles. The maximum atomic E-state index is 13.8. The number of amides is 1. The lowest BCUT2D eigenvalue weighted by Crippen LogP contribution is -2.32. The molecule has 1 amide bonds. The van der Waals surface area contributed by atoms with E-state index in [2.05, 4.69) is 20.3 Å². The van der Waals surface area contributed by atoms with Crippen molar-refractivity contribution in [2.75, 3.05) is 20.3 Å². The van der Waals surface area contributed by atoms with Crippen molar-refractivity contribution in [3.8, 4) is 28.6 Å². The molecule has 0 aliphatic carbocycles. The Morgan fingerprint density at radius 3 is 2.74 bits per heavy atom. The Labute approximate surface area is 202 Å². The number of methoxy groups -OCH3 is 1. The molecular formula is C25H26N6O4. The Balaban J connectivity index is 1.49. The molecule has 35 heavy (non-hydrogen) atoms. The second kappa shape index (κ2) is 9.57. The number of ether oxygens (including phenoxy) is 2. The van der Waals surface area contributed by atoms with Crippen LogP contribution in [0.5, 0.6) is 11.5 Å². The van der Waals surface area contributed by atoms with E-state index in [0.29, 0.717) is 47.6 Å². The second-order valence-electron chi connectivity index (χ2n) is 8.20. The van der Waals surface area contributed by atoms with E-state index in [1.54, 1.807) is 30.5 Å². The van der Waals surface area contributed by atoms with Gasteiger partial charge in [0.15, 0.2) is 5.82 Å². The van der Waals surface area contributed by atoms with Crippen molar-refractivity contribution in [1.29, 1.82) is 0 Å². The number of nitrogens with zero attached hydrogens (tertiary/aromatic N) is 6. The van der Waals surface area contributed by atoms with Gasteiger partial charge in [-0.1, -0.05) is 17.3 Å². The van der Waals surface area contributed by atoms with Gasteiger partial charge in [-0.3, -0.25) is 4.79 Å². The molecule has 0 bridgehead atoms. The van der Waals surface area contributed by atoms with Crippen LogP contribution in [-0.2, 0) is 0 Å². The van der Waals surface area contributed by atoms with Gasteiger partial charge in [-0.15, -0.1) is 0 Å². The number of benzene rings is 2. The summed E-state index contributed by atoms with van der Waals surface area (Å²) in [5, 5.41) is 12.7. The molecule has 10 nitrogen and oxygen atoms in total. The third-order valence-corrected chi connectivity index (χ3v) is 6.05. The van der Waals surface area contributed by atoms with Crippen molar-refractivity contribution in [3.05, 3.63) is 65.7 Å². The Bertz CT molecular complexity index is 1330. The number of hydrogen-bond acceptors (Lipinski definition) is 8. The number of para-hydroxylation sites is 1. The van der Waals surface area contributed by atoms with Gasteiger partial charge in [0.05, 0.1) is 49.0 Å². The lowest BCUT2D eigenvalue weighted by atomic mass is 10.1. The second-order valence-corrected chi connectivity index (χ2v) is 8.20. The first-order valence-electron chi connectivity index (χ1n) is 11.5. The lowest BCUT2D eigenvalue weighted by molar-refractivity contribution is 0.0727. The number of hydrogen-bond donors (Lipinski definition) is 0. The molecule has 1 aliphatic rings. The van der Waals surface area contributed by atoms with Crippen LogP contribution < -0.4 is 9.47 Å². The quantitative estimate of drug-likeness (QED) is 0.395. The van der Waals surface area contributed by atoms with Gasteiger partial charge in [0.25, 0.3) is 11.8 Å². The predicted molar refractivity (Wildman–Crippen MR) is 127 cm³/mol. The zero-order chi connectivity index (χ0) is 24.4. The molecule has 180 valence electrons. The fourth-order valence-corrected chi connectivity index (χ4v) is 4.41. The summed E-state index contributed by atoms with van der Waals surface area (Å²) in [7, 11) is 1.59. The molecule has 1 atom stereocenters. The smallest absolute Gasteiger partial charge is 0.261 e. The molecule has 1 aliphatic heterocycles. The van der Waals surface area contributed by atoms with E-state index in [0.717, 1.165) is 24.0 Å². The van der Waals surface area contributed by atoms with Crippen LogP contribution in [0.3, 0.4) is 0 Å². The molecule has 1 fully saturated rings. The SMILES string of the molecule is CCOc1ccccc1-c1nc([C@@H]2CCCN2C(=O)c2cc(OC)c(C)cc2-n2nccn2)no1. The van der Waals surface area contributed by atoms with Crippen LogP contribution in [-0.4, -0.2) is 56.2 Å². The summed E-state index contributed by atoms with van der Waals surface area (Å²) in [6, 6.07) is 10.8. The summed E-state index contributed by atoms with van der Waals surface area (Å²) >= 11 is 0. The molecule has 2 aromatic heterocycles. The molecule has 1 saturated heterocycles. The molecule has 10 heteroatoms. The maximum Gasteiger partial charge on any atom is 0.261 e. The molecule has 5 rings (SSSR count). The first-order valence-corrected chi connectivity index (χ1v) is 11.5. The van der Waals surface area contributed by atoms with E-state index >= 15 is 0 Å². The first-order chi connectivity index (χ1) is 17.1. The van der Waals surface area contributed by atoms with Crippen LogP contribution in [0.1, 0.15) is 47.6 Å². The third kappa shape index (κ3) is 4.23. The highest BCUT2D eigenvalue weighted by Gasteiger charge is 2.35. The Morgan fingerprint density at radius 2 is 1.97 bits per heavy atom. The van der Waals surface area contributed by atoms with Gasteiger partial charge in [-0.2, -0.15) is 20.0 Å². The molecular weight excluding hydrogens is 448 g/mol. The maximum absolute atomic E-state index is 13.8. The number of carbonyl (C=O) groups is 1. The first kappa shape index (κ1) is 22.6. The Morgan fingerprint density at radius 1 is 1.17 bits per heavy atom. The van der Waals surface area contributed by atoms with Gasteiger partial charge >= 0.3 is 0 Å². The van der Waals surface area contributed by atoms with Crippen molar-refractivity contribution in [3.63, 3.8) is 0 Å². The van der Waals surface area contributed by atoms with Gasteiger partial charge in [-0.05, 0) is 56.5 Å². The molecule has 0 N–H and O–H groups in total. The zero-order valence-corrected chi connectivity index (χ0v) is 19.8. The predicted octanol–water partition coefficient (Wildman–Crippen LogP) is 4.01. The van der Waals surface area contributed by atoms with Gasteiger partial charge in [-0.25, -0.2) is 0 Å². The fraction of sp³-hybridized carbons (Fsp3) is 0.320. The fourth-order valence-electron chi connectivity index (χ4n) is 4.41. The van der Waals surface area contributed by atoms with Gasteiger partial charge in [0.2, 0.25) is 0 Å². The molecule has 0 saturated carbocycles. The summed E-state index contributed by atoms with van der Waals surface area (Å²) in [5.41, 5.74) is 2.63. The van der Waals surface area contributed by atoms with Crippen LogP contribution >= 0.6 is 0 Å². The summed E-state index contributed by atoms with van der Waals surface area (Å²) in [5.74, 6) is 1.96. The van der Waals surface area contributed by atoms with Crippen LogP contribution in [0.2, 0.25) is 0 Å². The third-order valence-electron chi connectivity index (χ3n) is 6.05. The summed E-state index contributed by atoms with van der Waals surface area (Å²) in [6.45, 7) is 4.94. The lowest BCUT2D eigenvalue weighted by Gasteiger charge is -2.24. The molecule has 4 aromatic rings. The Kier molecular flexibility index (Phi) is 6.17. The van der Waals surface area contributed by atoms with Crippen molar-refractivity contribution in [2.45, 2.75) is 32.7 Å². The van der Waals surface area contributed by atoms with Gasteiger partial charge in [0, 0.05) is 6.54 Å². The van der Waals surface area contributed by atoms with Crippen molar-refractivity contribution in [1.82, 2.24) is 30.0 Å². The average molecular weight is 475 g/mol. The van der Waals surface area contributed by atoms with Gasteiger partial charge in [0.1, 0.15) is 11.5 Å². The summed E-state index contributed by atoms with van der Waals surface area (Å²) in [4.78, 5) is 21.7. The molecule has 0 unspecified atom stereocenters. The van der Waals surface area contributed by atoms with Crippen LogP contribution in [0.15, 0.2) is 53.3 Å². The minimum absolute atomic E-state index is 0.167. The van der Waals surface area contributed by atoms with E-state index in [4.69, 9.17) is 14.0 Å². The summed E-state index contributed by atoms with van der Waals surface area (Å²) < 4.78 is 16.8. The summed E-state index contributed by atoms with van der Waals surface area (Å²) in [6.07, 6.45) is 4.71. The highest BCUT2D eigenvalue weighted by atomic mass is 16.5. The van der Waals surface area contributed by atoms with E-state index in [-0.39, 0.29) is 11.9 Å². The van der Waals surface area contributed by atoms with Crippen LogP contribution in [0, 0.1) is 6.92 Å². The average Bonchev–Trinajstić information content (AvgIpc) is 3.65. The topological polar surface area (TPSA) is 108 Å². The number of carbonyl (C=O) groups excluding carboxylic acids is 1. The number of likely N-dealkylation sites (tertiary alicyclic amines) is 1. The van der Waals surface area contributed by atoms with E-state index in [1.165, 1.54) is 4.80 Å². The largest absolute Gasteiger partial charge is 0.496 e. The molecule has 3 heterocycles. The Hall–Kier alpha value is -4.21. The van der Waals surface area contributed by atoms with E-state index in [1.807, 2.05) is 44.2 Å². The van der Waals surface area contributed by atoms with Crippen LogP contribution in [0.4, 0.5) is 0 Å². The zero-order valence-electron chi connectivity index (χ0n) is 19.8. The van der Waals surface area contributed by atoms with Crippen LogP contribution in [0.25, 0.3) is 17.1 Å². The van der Waals surface area contributed by atoms with Crippen molar-refractivity contribution < 1.29 is 18.8 Å². The monoisotopic (exact) mass is 474 g/mol. The molecule has 0 spiro atoms. The number of aromatic nitrogens is 5. The highest BCUT2D eigenvalue weighted by molar-refractivity contribution is 5.98. The minimum Gasteiger partial charge on any atom is -0.496 e. The van der Waals surface area contributed by atoms with E-state index < -0.39 is 0 Å². The normalized spacial score (nSPS) is 15.4. The number of aryl methyl sites for hydroxylation is 1. The highest BCUT2D eigenvalue weighted by Crippen LogP contribution is 2.36. The van der Waals surface area contributed by atoms with Crippen molar-refractivity contribution >= 4 is 5.91 Å². The van der Waals surface area contributed by atoms with Gasteiger partial charge < -0.3 is 18.9 Å². The molecule has 0 radical (unpaired) electrons.